The van der Waals surface area contributed by atoms with Gasteiger partial charge in [-0.3, -0.25) is 19.8 Å². The maximum atomic E-state index is 13.3. The third kappa shape index (κ3) is 7.17. The topological polar surface area (TPSA) is 82.4 Å². The van der Waals surface area contributed by atoms with Gasteiger partial charge < -0.3 is 14.2 Å². The van der Waals surface area contributed by atoms with Crippen LogP contribution in [0, 0.1) is 5.41 Å². The Hall–Kier alpha value is -4.52. The average molecular weight is 552 g/mol. The normalized spacial score (nSPS) is 14.9. The molecule has 2 aromatic carbocycles. The van der Waals surface area contributed by atoms with E-state index < -0.39 is 0 Å². The van der Waals surface area contributed by atoms with Crippen molar-refractivity contribution in [3.05, 3.63) is 95.8 Å². The fourth-order valence-electron chi connectivity index (χ4n) is 4.67. The van der Waals surface area contributed by atoms with Crippen LogP contribution in [0.15, 0.2) is 89.1 Å². The number of hydrogen-bond donors (Lipinski definition) is 0. The van der Waals surface area contributed by atoms with Crippen LogP contribution in [0.5, 0.6) is 17.2 Å². The highest BCUT2D eigenvalue weighted by Crippen LogP contribution is 2.39. The van der Waals surface area contributed by atoms with E-state index in [1.165, 1.54) is 0 Å². The Bertz CT molecular complexity index is 1510. The molecule has 4 rings (SSSR count). The molecule has 0 radical (unpaired) electrons. The summed E-state index contributed by atoms with van der Waals surface area (Å²) in [5.74, 6) is 2.19. The Balaban J connectivity index is 1.49. The Morgan fingerprint density at radius 3 is 2.46 bits per heavy atom. The number of carbonyl (C=O) groups excluding carboxylic acids is 1. The Kier molecular flexibility index (Phi) is 9.17. The summed E-state index contributed by atoms with van der Waals surface area (Å²) in [4.78, 5) is 27.0. The van der Waals surface area contributed by atoms with Crippen molar-refractivity contribution < 1.29 is 19.0 Å². The molecule has 7 heteroatoms. The number of aliphatic imine (C=N–C) groups is 2. The summed E-state index contributed by atoms with van der Waals surface area (Å²) >= 11 is 0. The van der Waals surface area contributed by atoms with Gasteiger partial charge in [-0.25, -0.2) is 0 Å². The fourth-order valence-corrected chi connectivity index (χ4v) is 4.67. The van der Waals surface area contributed by atoms with Gasteiger partial charge >= 0.3 is 0 Å². The van der Waals surface area contributed by atoms with Gasteiger partial charge in [0.1, 0.15) is 17.3 Å². The van der Waals surface area contributed by atoms with Crippen molar-refractivity contribution in [2.75, 3.05) is 14.2 Å². The number of allylic oxidation sites excluding steroid dienone is 1. The Morgan fingerprint density at radius 2 is 1.80 bits per heavy atom. The minimum absolute atomic E-state index is 0.103. The molecular formula is C34H37N3O4. The summed E-state index contributed by atoms with van der Waals surface area (Å²) in [5, 5.41) is 0. The second-order valence-corrected chi connectivity index (χ2v) is 10.8. The number of Topliss-reactive ketones (excluding diaryl/α,β-unsaturated/α-hetero) is 1. The molecule has 3 aromatic rings. The predicted octanol–water partition coefficient (Wildman–Crippen LogP) is 7.54. The van der Waals surface area contributed by atoms with Gasteiger partial charge in [-0.15, -0.1) is 0 Å². The molecule has 1 atom stereocenters. The number of hydrogen-bond acceptors (Lipinski definition) is 7. The highest BCUT2D eigenvalue weighted by molar-refractivity contribution is 6.02. The molecule has 1 aromatic heterocycles. The lowest BCUT2D eigenvalue weighted by molar-refractivity contribution is -0.117. The van der Waals surface area contributed by atoms with Crippen molar-refractivity contribution in [3.8, 4) is 17.2 Å². The Labute approximate surface area is 242 Å². The molecule has 212 valence electrons. The maximum absolute atomic E-state index is 13.3. The van der Waals surface area contributed by atoms with Crippen molar-refractivity contribution in [2.24, 2.45) is 15.4 Å². The minimum atomic E-state index is -0.193. The van der Waals surface area contributed by atoms with Gasteiger partial charge in [-0.05, 0) is 54.0 Å². The van der Waals surface area contributed by atoms with Gasteiger partial charge in [-0.2, -0.15) is 0 Å². The van der Waals surface area contributed by atoms with E-state index in [4.69, 9.17) is 19.2 Å². The molecule has 0 saturated carbocycles. The van der Waals surface area contributed by atoms with Gasteiger partial charge in [0.2, 0.25) is 0 Å². The van der Waals surface area contributed by atoms with E-state index in [9.17, 15) is 4.79 Å². The standard InChI is InChI=1S/C34H37N3O4/c1-8-36-29-20-31(40-7)30(39-6)19-28(29)22(2)41-27-13-9-11-23(16-27)15-26(38)17-25-18-32(34(3,4)5)37-33(25)24-12-10-14-35-21-24/h8-14,16,18-21,33H,2,15,17H2,1,3-7H3. The maximum Gasteiger partial charge on any atom is 0.162 e. The quantitative estimate of drug-likeness (QED) is 0.182. The van der Waals surface area contributed by atoms with Crippen molar-refractivity contribution >= 4 is 29.2 Å². The van der Waals surface area contributed by atoms with Crippen LogP contribution in [0.3, 0.4) is 0 Å². The first-order chi connectivity index (χ1) is 19.6. The molecule has 1 aliphatic rings. The van der Waals surface area contributed by atoms with Crippen LogP contribution in [-0.4, -0.2) is 36.9 Å². The van der Waals surface area contributed by atoms with E-state index in [1.54, 1.807) is 38.8 Å². The van der Waals surface area contributed by atoms with Crippen LogP contribution in [0.2, 0.25) is 0 Å². The highest BCUT2D eigenvalue weighted by Gasteiger charge is 2.29. The molecule has 0 N–H and O–H groups in total. The molecule has 7 nitrogen and oxygen atoms in total. The number of ether oxygens (including phenoxy) is 3. The molecule has 2 heterocycles. The average Bonchev–Trinajstić information content (AvgIpc) is 3.37. The van der Waals surface area contributed by atoms with E-state index in [0.29, 0.717) is 40.7 Å². The predicted molar refractivity (Wildman–Crippen MR) is 165 cm³/mol. The first-order valence-corrected chi connectivity index (χ1v) is 13.5. The molecule has 0 amide bonds. The second-order valence-electron chi connectivity index (χ2n) is 10.8. The van der Waals surface area contributed by atoms with Crippen molar-refractivity contribution in [1.29, 1.82) is 0 Å². The van der Waals surface area contributed by atoms with E-state index in [0.717, 1.165) is 22.4 Å². The summed E-state index contributed by atoms with van der Waals surface area (Å²) in [6.45, 7) is 12.4. The number of pyridine rings is 1. The van der Waals surface area contributed by atoms with Crippen molar-refractivity contribution in [2.45, 2.75) is 46.6 Å². The lowest BCUT2D eigenvalue weighted by Gasteiger charge is -2.17. The summed E-state index contributed by atoms with van der Waals surface area (Å²) < 4.78 is 17.0. The van der Waals surface area contributed by atoms with Gasteiger partial charge in [0, 0.05) is 54.2 Å². The van der Waals surface area contributed by atoms with Gasteiger partial charge in [-0.1, -0.05) is 45.5 Å². The third-order valence-corrected chi connectivity index (χ3v) is 6.72. The zero-order valence-corrected chi connectivity index (χ0v) is 24.6. The number of nitrogens with zero attached hydrogens (tertiary/aromatic N) is 3. The van der Waals surface area contributed by atoms with Crippen molar-refractivity contribution in [1.82, 2.24) is 4.98 Å². The number of carbonyl (C=O) groups is 1. The fraction of sp³-hybridized carbons (Fsp3) is 0.294. The first kappa shape index (κ1) is 29.5. The summed E-state index contributed by atoms with van der Waals surface area (Å²) in [5.41, 5.74) is 5.03. The monoisotopic (exact) mass is 551 g/mol. The molecule has 0 saturated heterocycles. The van der Waals surface area contributed by atoms with Crippen LogP contribution < -0.4 is 14.2 Å². The van der Waals surface area contributed by atoms with E-state index >= 15 is 0 Å². The summed E-state index contributed by atoms with van der Waals surface area (Å²) in [6.07, 6.45) is 7.92. The van der Waals surface area contributed by atoms with Gasteiger partial charge in [0.25, 0.3) is 0 Å². The zero-order valence-electron chi connectivity index (χ0n) is 24.6. The Morgan fingerprint density at radius 1 is 1.05 bits per heavy atom. The number of methoxy groups -OCH3 is 2. The van der Waals surface area contributed by atoms with Crippen LogP contribution >= 0.6 is 0 Å². The molecule has 41 heavy (non-hydrogen) atoms. The zero-order chi connectivity index (χ0) is 29.6. The van der Waals surface area contributed by atoms with Crippen LogP contribution in [-0.2, 0) is 11.2 Å². The number of aromatic nitrogens is 1. The smallest absolute Gasteiger partial charge is 0.162 e. The number of rotatable bonds is 11. The molecular weight excluding hydrogens is 514 g/mol. The molecule has 0 fully saturated rings. The lowest BCUT2D eigenvalue weighted by Crippen LogP contribution is -2.16. The highest BCUT2D eigenvalue weighted by atomic mass is 16.5. The van der Waals surface area contributed by atoms with E-state index in [-0.39, 0.29) is 23.7 Å². The van der Waals surface area contributed by atoms with Crippen LogP contribution in [0.4, 0.5) is 5.69 Å². The second kappa shape index (κ2) is 12.8. The van der Waals surface area contributed by atoms with Gasteiger partial charge in [0.05, 0.1) is 25.9 Å². The van der Waals surface area contributed by atoms with E-state index in [2.05, 4.69) is 43.4 Å². The van der Waals surface area contributed by atoms with Crippen LogP contribution in [0.25, 0.3) is 5.76 Å². The molecule has 0 spiro atoms. The van der Waals surface area contributed by atoms with Crippen molar-refractivity contribution in [3.63, 3.8) is 0 Å². The molecule has 1 unspecified atom stereocenters. The van der Waals surface area contributed by atoms with Crippen LogP contribution in [0.1, 0.15) is 56.8 Å². The minimum Gasteiger partial charge on any atom is -0.493 e. The summed E-state index contributed by atoms with van der Waals surface area (Å²) in [7, 11) is 3.15. The largest absolute Gasteiger partial charge is 0.493 e. The molecule has 0 aliphatic carbocycles. The van der Waals surface area contributed by atoms with E-state index in [1.807, 2.05) is 49.5 Å². The first-order valence-electron chi connectivity index (χ1n) is 13.5. The molecule has 1 aliphatic heterocycles. The SMILES string of the molecule is C=C(Oc1cccc(CC(=O)CC2=CC(C(C)(C)C)=NC2c2cccnc2)c1)c1cc(OC)c(OC)cc1N=CC. The van der Waals surface area contributed by atoms with Gasteiger partial charge in [0.15, 0.2) is 11.5 Å². The number of ketones is 1. The number of benzene rings is 2. The molecule has 0 bridgehead atoms. The third-order valence-electron chi connectivity index (χ3n) is 6.72. The summed E-state index contributed by atoms with van der Waals surface area (Å²) in [6, 6.07) is 14.8. The lowest BCUT2D eigenvalue weighted by atomic mass is 9.89.